The van der Waals surface area contributed by atoms with Crippen molar-refractivity contribution >= 4 is 34.8 Å². The number of rotatable bonds is 5. The molecule has 0 spiro atoms. The summed E-state index contributed by atoms with van der Waals surface area (Å²) in [6.07, 6.45) is 1.52. The Hall–Kier alpha value is -3.74. The van der Waals surface area contributed by atoms with Gasteiger partial charge in [0.25, 0.3) is 5.91 Å². The van der Waals surface area contributed by atoms with Gasteiger partial charge in [0.2, 0.25) is 11.9 Å². The number of benzene rings is 2. The molecule has 7 nitrogen and oxygen atoms in total. The number of anilines is 4. The Morgan fingerprint density at radius 3 is 2.28 bits per heavy atom. The van der Waals surface area contributed by atoms with Crippen molar-refractivity contribution in [3.8, 4) is 0 Å². The van der Waals surface area contributed by atoms with Crippen molar-refractivity contribution in [2.45, 2.75) is 27.7 Å². The Bertz CT molecular complexity index is 1060. The molecule has 3 aromatic rings. The molecule has 0 fully saturated rings. The van der Waals surface area contributed by atoms with Crippen LogP contribution in [0.1, 0.15) is 34.1 Å². The standard InChI is InChI=1S/C22H23N5O2/c1-13-10-14(2)20(15(3)11-13)27-21(29)19-8-9-23-22(26-19)25-18-7-5-6-17(12-18)24-16(4)28/h5-12H,1-4H3,(H,24,28)(H,27,29)(H,23,25,26). The molecule has 0 atom stereocenters. The zero-order chi connectivity index (χ0) is 21.0. The second-order valence-electron chi connectivity index (χ2n) is 6.88. The second-order valence-corrected chi connectivity index (χ2v) is 6.88. The maximum absolute atomic E-state index is 12.7. The zero-order valence-electron chi connectivity index (χ0n) is 16.8. The summed E-state index contributed by atoms with van der Waals surface area (Å²) in [6.45, 7) is 7.40. The highest BCUT2D eigenvalue weighted by Gasteiger charge is 2.13. The van der Waals surface area contributed by atoms with Gasteiger partial charge in [0.1, 0.15) is 5.69 Å². The van der Waals surface area contributed by atoms with Gasteiger partial charge in [0, 0.05) is 30.2 Å². The van der Waals surface area contributed by atoms with Gasteiger partial charge < -0.3 is 16.0 Å². The smallest absolute Gasteiger partial charge is 0.274 e. The predicted octanol–water partition coefficient (Wildman–Crippen LogP) is 4.36. The van der Waals surface area contributed by atoms with Gasteiger partial charge >= 0.3 is 0 Å². The summed E-state index contributed by atoms with van der Waals surface area (Å²) in [5.74, 6) is -0.175. The van der Waals surface area contributed by atoms with Gasteiger partial charge in [0.05, 0.1) is 0 Å². The van der Waals surface area contributed by atoms with E-state index in [1.54, 1.807) is 24.3 Å². The molecule has 1 aromatic heterocycles. The van der Waals surface area contributed by atoms with Crippen molar-refractivity contribution in [2.75, 3.05) is 16.0 Å². The number of hydrogen-bond donors (Lipinski definition) is 3. The highest BCUT2D eigenvalue weighted by Crippen LogP contribution is 2.23. The maximum atomic E-state index is 12.7. The van der Waals surface area contributed by atoms with E-state index in [1.165, 1.54) is 13.1 Å². The summed E-state index contributed by atoms with van der Waals surface area (Å²) in [4.78, 5) is 32.4. The SMILES string of the molecule is CC(=O)Nc1cccc(Nc2nccc(C(=O)Nc3c(C)cc(C)cc3C)n2)c1. The number of aromatic nitrogens is 2. The number of hydrogen-bond acceptors (Lipinski definition) is 5. The van der Waals surface area contributed by atoms with E-state index in [9.17, 15) is 9.59 Å². The molecule has 2 aromatic carbocycles. The lowest BCUT2D eigenvalue weighted by Gasteiger charge is -2.13. The van der Waals surface area contributed by atoms with Crippen LogP contribution >= 0.6 is 0 Å². The lowest BCUT2D eigenvalue weighted by molar-refractivity contribution is -0.114. The van der Waals surface area contributed by atoms with E-state index in [1.807, 2.05) is 39.0 Å². The number of carbonyl (C=O) groups is 2. The summed E-state index contributed by atoms with van der Waals surface area (Å²) in [5, 5.41) is 8.71. The minimum Gasteiger partial charge on any atom is -0.326 e. The Balaban J connectivity index is 1.78. The van der Waals surface area contributed by atoms with Crippen LogP contribution in [0.15, 0.2) is 48.7 Å². The zero-order valence-corrected chi connectivity index (χ0v) is 16.8. The van der Waals surface area contributed by atoms with Crippen LogP contribution in [0, 0.1) is 20.8 Å². The highest BCUT2D eigenvalue weighted by molar-refractivity contribution is 6.03. The largest absolute Gasteiger partial charge is 0.326 e. The first kappa shape index (κ1) is 20.0. The molecule has 0 radical (unpaired) electrons. The minimum atomic E-state index is -0.308. The van der Waals surface area contributed by atoms with Crippen LogP contribution in [0.4, 0.5) is 23.0 Å². The van der Waals surface area contributed by atoms with E-state index >= 15 is 0 Å². The van der Waals surface area contributed by atoms with Crippen molar-refractivity contribution < 1.29 is 9.59 Å². The summed E-state index contributed by atoms with van der Waals surface area (Å²) in [5.41, 5.74) is 5.53. The molecule has 0 aliphatic heterocycles. The van der Waals surface area contributed by atoms with Crippen molar-refractivity contribution in [2.24, 2.45) is 0 Å². The van der Waals surface area contributed by atoms with Crippen LogP contribution in [-0.4, -0.2) is 21.8 Å². The number of nitrogens with zero attached hydrogens (tertiary/aromatic N) is 2. The third-order valence-electron chi connectivity index (χ3n) is 4.24. The molecule has 1 heterocycles. The average Bonchev–Trinajstić information content (AvgIpc) is 2.64. The van der Waals surface area contributed by atoms with E-state index in [4.69, 9.17) is 0 Å². The Morgan fingerprint density at radius 1 is 0.897 bits per heavy atom. The highest BCUT2D eigenvalue weighted by atomic mass is 16.2. The van der Waals surface area contributed by atoms with Crippen LogP contribution in [0.3, 0.4) is 0 Å². The van der Waals surface area contributed by atoms with Crippen LogP contribution < -0.4 is 16.0 Å². The van der Waals surface area contributed by atoms with Gasteiger partial charge in [0.15, 0.2) is 0 Å². The van der Waals surface area contributed by atoms with Crippen molar-refractivity contribution in [3.05, 3.63) is 71.0 Å². The molecule has 3 rings (SSSR count). The molecular formula is C22H23N5O2. The van der Waals surface area contributed by atoms with Gasteiger partial charge in [-0.05, 0) is 56.2 Å². The molecule has 148 valence electrons. The van der Waals surface area contributed by atoms with Gasteiger partial charge in [-0.3, -0.25) is 9.59 Å². The van der Waals surface area contributed by atoms with Crippen molar-refractivity contribution in [1.82, 2.24) is 9.97 Å². The summed E-state index contributed by atoms with van der Waals surface area (Å²) in [7, 11) is 0. The molecule has 0 aliphatic carbocycles. The molecule has 0 saturated carbocycles. The Morgan fingerprint density at radius 2 is 1.59 bits per heavy atom. The lowest BCUT2D eigenvalue weighted by Crippen LogP contribution is -2.16. The Kier molecular flexibility index (Phi) is 5.87. The molecule has 3 N–H and O–H groups in total. The predicted molar refractivity (Wildman–Crippen MR) is 115 cm³/mol. The van der Waals surface area contributed by atoms with E-state index in [0.29, 0.717) is 11.4 Å². The fourth-order valence-electron chi connectivity index (χ4n) is 3.11. The number of amides is 2. The molecule has 0 unspecified atom stereocenters. The minimum absolute atomic E-state index is 0.154. The third kappa shape index (κ3) is 5.16. The Labute approximate surface area is 169 Å². The fraction of sp³-hybridized carbons (Fsp3) is 0.182. The number of carbonyl (C=O) groups excluding carboxylic acids is 2. The molecule has 0 bridgehead atoms. The van der Waals surface area contributed by atoms with Crippen molar-refractivity contribution in [3.63, 3.8) is 0 Å². The average molecular weight is 389 g/mol. The normalized spacial score (nSPS) is 10.3. The number of aryl methyl sites for hydroxylation is 3. The van der Waals surface area contributed by atoms with Gasteiger partial charge in [-0.1, -0.05) is 23.8 Å². The van der Waals surface area contributed by atoms with E-state index < -0.39 is 0 Å². The summed E-state index contributed by atoms with van der Waals surface area (Å²) >= 11 is 0. The summed E-state index contributed by atoms with van der Waals surface area (Å²) in [6, 6.07) is 12.8. The van der Waals surface area contributed by atoms with Gasteiger partial charge in [-0.2, -0.15) is 0 Å². The van der Waals surface area contributed by atoms with Gasteiger partial charge in [-0.25, -0.2) is 9.97 Å². The monoisotopic (exact) mass is 389 g/mol. The van der Waals surface area contributed by atoms with E-state index in [-0.39, 0.29) is 23.5 Å². The molecule has 0 aliphatic rings. The fourth-order valence-corrected chi connectivity index (χ4v) is 3.11. The first-order chi connectivity index (χ1) is 13.8. The van der Waals surface area contributed by atoms with Gasteiger partial charge in [-0.15, -0.1) is 0 Å². The van der Waals surface area contributed by atoms with Crippen molar-refractivity contribution in [1.29, 1.82) is 0 Å². The topological polar surface area (TPSA) is 96.0 Å². The number of nitrogens with one attached hydrogen (secondary N) is 3. The third-order valence-corrected chi connectivity index (χ3v) is 4.24. The van der Waals surface area contributed by atoms with Crippen LogP contribution in [0.25, 0.3) is 0 Å². The van der Waals surface area contributed by atoms with Crippen LogP contribution in [0.2, 0.25) is 0 Å². The quantitative estimate of drug-likeness (QED) is 0.603. The first-order valence-electron chi connectivity index (χ1n) is 9.19. The lowest BCUT2D eigenvalue weighted by atomic mass is 10.1. The maximum Gasteiger partial charge on any atom is 0.274 e. The van der Waals surface area contributed by atoms with E-state index in [0.717, 1.165) is 22.4 Å². The molecular weight excluding hydrogens is 366 g/mol. The van der Waals surface area contributed by atoms with E-state index in [2.05, 4.69) is 25.9 Å². The first-order valence-corrected chi connectivity index (χ1v) is 9.19. The van der Waals surface area contributed by atoms with Crippen LogP contribution in [-0.2, 0) is 4.79 Å². The molecule has 0 saturated heterocycles. The van der Waals surface area contributed by atoms with Crippen LogP contribution in [0.5, 0.6) is 0 Å². The molecule has 7 heteroatoms. The summed E-state index contributed by atoms with van der Waals surface area (Å²) < 4.78 is 0. The molecule has 2 amide bonds. The molecule has 29 heavy (non-hydrogen) atoms. The second kappa shape index (κ2) is 8.52.